The van der Waals surface area contributed by atoms with Crippen molar-refractivity contribution in [3.8, 4) is 0 Å². The van der Waals surface area contributed by atoms with E-state index in [1.807, 2.05) is 6.07 Å². The molecule has 0 spiro atoms. The molecule has 1 unspecified atom stereocenters. The third-order valence-corrected chi connectivity index (χ3v) is 5.01. The molecule has 0 fully saturated rings. The van der Waals surface area contributed by atoms with Gasteiger partial charge >= 0.3 is 0 Å². The third kappa shape index (κ3) is 4.75. The summed E-state index contributed by atoms with van der Waals surface area (Å²) in [5.74, 6) is 0. The first-order valence-electron chi connectivity index (χ1n) is 9.21. The van der Waals surface area contributed by atoms with E-state index in [1.54, 1.807) is 0 Å². The normalized spacial score (nSPS) is 11.7. The van der Waals surface area contributed by atoms with Gasteiger partial charge in [-0.05, 0) is 73.8 Å². The maximum atomic E-state index is 5.66. The molecule has 1 atom stereocenters. The number of rotatable bonds is 4. The number of anilines is 1. The summed E-state index contributed by atoms with van der Waals surface area (Å²) in [6.07, 6.45) is 0. The molecular formula is C24H26N2S. The molecule has 0 radical (unpaired) electrons. The van der Waals surface area contributed by atoms with Crippen molar-refractivity contribution in [2.45, 2.75) is 33.7 Å². The van der Waals surface area contributed by atoms with Gasteiger partial charge in [0.2, 0.25) is 0 Å². The molecule has 2 nitrogen and oxygen atoms in total. The van der Waals surface area contributed by atoms with Crippen molar-refractivity contribution in [3.05, 3.63) is 100 Å². The predicted molar refractivity (Wildman–Crippen MR) is 119 cm³/mol. The van der Waals surface area contributed by atoms with Crippen LogP contribution in [0.5, 0.6) is 0 Å². The van der Waals surface area contributed by atoms with Gasteiger partial charge in [0, 0.05) is 5.69 Å². The van der Waals surface area contributed by atoms with Gasteiger partial charge in [0.15, 0.2) is 5.11 Å². The van der Waals surface area contributed by atoms with Crippen molar-refractivity contribution in [1.82, 2.24) is 5.32 Å². The number of hydrogen-bond acceptors (Lipinski definition) is 1. The Morgan fingerprint density at radius 2 is 1.44 bits per heavy atom. The highest BCUT2D eigenvalue weighted by atomic mass is 32.1. The van der Waals surface area contributed by atoms with E-state index in [0.717, 1.165) is 5.69 Å². The van der Waals surface area contributed by atoms with E-state index in [0.29, 0.717) is 5.11 Å². The van der Waals surface area contributed by atoms with Gasteiger partial charge in [0.1, 0.15) is 0 Å². The van der Waals surface area contributed by atoms with Gasteiger partial charge in [0.25, 0.3) is 0 Å². The van der Waals surface area contributed by atoms with Crippen molar-refractivity contribution in [3.63, 3.8) is 0 Å². The molecule has 27 heavy (non-hydrogen) atoms. The minimum atomic E-state index is -0.00286. The van der Waals surface area contributed by atoms with E-state index in [2.05, 4.69) is 99.0 Å². The first-order chi connectivity index (χ1) is 12.9. The Morgan fingerprint density at radius 1 is 0.778 bits per heavy atom. The highest BCUT2D eigenvalue weighted by Gasteiger charge is 2.17. The summed E-state index contributed by atoms with van der Waals surface area (Å²) in [7, 11) is 0. The predicted octanol–water partition coefficient (Wildman–Crippen LogP) is 6.00. The molecule has 3 heteroatoms. The Hall–Kier alpha value is -2.65. The van der Waals surface area contributed by atoms with Crippen LogP contribution < -0.4 is 10.6 Å². The zero-order valence-corrected chi connectivity index (χ0v) is 17.2. The molecule has 0 amide bonds. The SMILES string of the molecule is Cc1ccc(C(NC(=S)Nc2cc(C)ccc2C)c2ccccc2)c(C)c1. The molecule has 0 heterocycles. The van der Waals surface area contributed by atoms with Crippen molar-refractivity contribution in [2.24, 2.45) is 0 Å². The minimum absolute atomic E-state index is 0.00286. The highest BCUT2D eigenvalue weighted by Crippen LogP contribution is 2.26. The van der Waals surface area contributed by atoms with Crippen molar-refractivity contribution < 1.29 is 0 Å². The monoisotopic (exact) mass is 374 g/mol. The van der Waals surface area contributed by atoms with Gasteiger partial charge in [0.05, 0.1) is 6.04 Å². The topological polar surface area (TPSA) is 24.1 Å². The molecule has 138 valence electrons. The van der Waals surface area contributed by atoms with Crippen molar-refractivity contribution in [2.75, 3.05) is 5.32 Å². The second-order valence-corrected chi connectivity index (χ2v) is 7.53. The molecule has 3 rings (SSSR count). The zero-order chi connectivity index (χ0) is 19.4. The van der Waals surface area contributed by atoms with E-state index in [4.69, 9.17) is 12.2 Å². The van der Waals surface area contributed by atoms with E-state index >= 15 is 0 Å². The lowest BCUT2D eigenvalue weighted by Crippen LogP contribution is -2.33. The van der Waals surface area contributed by atoms with Crippen molar-refractivity contribution in [1.29, 1.82) is 0 Å². The lowest BCUT2D eigenvalue weighted by Gasteiger charge is -2.24. The third-order valence-electron chi connectivity index (χ3n) is 4.79. The van der Waals surface area contributed by atoms with Gasteiger partial charge in [-0.3, -0.25) is 0 Å². The summed E-state index contributed by atoms with van der Waals surface area (Å²) in [6, 6.07) is 23.3. The average Bonchev–Trinajstić information content (AvgIpc) is 2.64. The van der Waals surface area contributed by atoms with Crippen LogP contribution in [0.1, 0.15) is 39.4 Å². The lowest BCUT2D eigenvalue weighted by atomic mass is 9.94. The van der Waals surface area contributed by atoms with Crippen LogP contribution in [0.4, 0.5) is 5.69 Å². The van der Waals surface area contributed by atoms with E-state index in [9.17, 15) is 0 Å². The van der Waals surface area contributed by atoms with Gasteiger partial charge in [-0.2, -0.15) is 0 Å². The molecule has 0 aliphatic carbocycles. The first-order valence-corrected chi connectivity index (χ1v) is 9.62. The average molecular weight is 375 g/mol. The summed E-state index contributed by atoms with van der Waals surface area (Å²) in [5, 5.41) is 7.52. The fraction of sp³-hybridized carbons (Fsp3) is 0.208. The highest BCUT2D eigenvalue weighted by molar-refractivity contribution is 7.80. The number of benzene rings is 3. The standard InChI is InChI=1S/C24H26N2S/c1-16-11-13-21(19(4)14-16)23(20-8-6-5-7-9-20)26-24(27)25-22-15-17(2)10-12-18(22)3/h5-15,23H,1-4H3,(H2,25,26,27). The van der Waals surface area contributed by atoms with Crippen LogP contribution in [0.15, 0.2) is 66.7 Å². The van der Waals surface area contributed by atoms with E-state index in [1.165, 1.54) is 33.4 Å². The molecule has 0 aliphatic rings. The Bertz CT molecular complexity index is 948. The Kier molecular flexibility index (Phi) is 5.92. The smallest absolute Gasteiger partial charge is 0.171 e. The molecule has 0 saturated heterocycles. The van der Waals surface area contributed by atoms with Crippen molar-refractivity contribution >= 4 is 23.0 Å². The quantitative estimate of drug-likeness (QED) is 0.548. The molecule has 3 aromatic carbocycles. The van der Waals surface area contributed by atoms with E-state index in [-0.39, 0.29) is 6.04 Å². The molecule has 0 bridgehead atoms. The van der Waals surface area contributed by atoms with Crippen LogP contribution in [0.25, 0.3) is 0 Å². The summed E-state index contributed by atoms with van der Waals surface area (Å²) in [5.41, 5.74) is 8.36. The summed E-state index contributed by atoms with van der Waals surface area (Å²) in [6.45, 7) is 8.45. The first kappa shape index (κ1) is 19.1. The summed E-state index contributed by atoms with van der Waals surface area (Å²) in [4.78, 5) is 0. The minimum Gasteiger partial charge on any atom is -0.352 e. The van der Waals surface area contributed by atoms with E-state index < -0.39 is 0 Å². The van der Waals surface area contributed by atoms with Crippen LogP contribution in [0.2, 0.25) is 0 Å². The largest absolute Gasteiger partial charge is 0.352 e. The molecule has 2 N–H and O–H groups in total. The number of hydrogen-bond donors (Lipinski definition) is 2. The molecule has 3 aromatic rings. The van der Waals surface area contributed by atoms with Gasteiger partial charge < -0.3 is 10.6 Å². The van der Waals surface area contributed by atoms with Crippen LogP contribution in [0, 0.1) is 27.7 Å². The Balaban J connectivity index is 1.89. The number of thiocarbonyl (C=S) groups is 1. The van der Waals surface area contributed by atoms with Crippen LogP contribution in [0.3, 0.4) is 0 Å². The maximum absolute atomic E-state index is 5.66. The fourth-order valence-corrected chi connectivity index (χ4v) is 3.52. The van der Waals surface area contributed by atoms with Crippen LogP contribution in [-0.4, -0.2) is 5.11 Å². The van der Waals surface area contributed by atoms with Crippen LogP contribution in [-0.2, 0) is 0 Å². The second-order valence-electron chi connectivity index (χ2n) is 7.12. The number of nitrogens with one attached hydrogen (secondary N) is 2. The van der Waals surface area contributed by atoms with Gasteiger partial charge in [-0.25, -0.2) is 0 Å². The van der Waals surface area contributed by atoms with Gasteiger partial charge in [-0.1, -0.05) is 66.2 Å². The fourth-order valence-electron chi connectivity index (χ4n) is 3.30. The zero-order valence-electron chi connectivity index (χ0n) is 16.3. The summed E-state index contributed by atoms with van der Waals surface area (Å²) >= 11 is 5.66. The molecule has 0 aliphatic heterocycles. The Labute approximate surface area is 167 Å². The molecule has 0 saturated carbocycles. The molecule has 0 aromatic heterocycles. The Morgan fingerprint density at radius 3 is 2.15 bits per heavy atom. The van der Waals surface area contributed by atoms with Crippen LogP contribution >= 0.6 is 12.2 Å². The second kappa shape index (κ2) is 8.36. The van der Waals surface area contributed by atoms with Gasteiger partial charge in [-0.15, -0.1) is 0 Å². The number of aryl methyl sites for hydroxylation is 4. The lowest BCUT2D eigenvalue weighted by molar-refractivity contribution is 0.762. The maximum Gasteiger partial charge on any atom is 0.171 e. The summed E-state index contributed by atoms with van der Waals surface area (Å²) < 4.78 is 0. The molecular weight excluding hydrogens is 348 g/mol.